The number of aliphatic hydroxyl groups is 1. The zero-order valence-corrected chi connectivity index (χ0v) is 24.0. The number of nitrogens with two attached hydrogens (primary N) is 1. The fraction of sp³-hybridized carbons (Fsp3) is 0.577. The number of nitrogens with zero attached hydrogens (tertiary/aromatic N) is 4. The number of ether oxygens (including phenoxy) is 5. The second kappa shape index (κ2) is 12.7. The van der Waals surface area contributed by atoms with E-state index in [0.717, 1.165) is 13.3 Å². The minimum absolute atomic E-state index is 0.00918. The Morgan fingerprint density at radius 3 is 2.50 bits per heavy atom. The summed E-state index contributed by atoms with van der Waals surface area (Å²) in [5, 5.41) is 28.3. The number of amides is 1. The Kier molecular flexibility index (Phi) is 9.71. The number of hydrogen-bond acceptors (Lipinski definition) is 14. The molecule has 2 aromatic rings. The van der Waals surface area contributed by atoms with E-state index in [1.807, 2.05) is 6.07 Å². The van der Waals surface area contributed by atoms with Crippen molar-refractivity contribution >= 4 is 35.3 Å². The first-order valence-corrected chi connectivity index (χ1v) is 12.9. The number of aromatic nitrogens is 3. The fourth-order valence-corrected chi connectivity index (χ4v) is 3.94. The van der Waals surface area contributed by atoms with Crippen LogP contribution in [0.15, 0.2) is 18.5 Å². The fourth-order valence-electron chi connectivity index (χ4n) is 3.94. The van der Waals surface area contributed by atoms with Crippen molar-refractivity contribution in [2.24, 2.45) is 17.1 Å². The van der Waals surface area contributed by atoms with Gasteiger partial charge in [0.15, 0.2) is 11.9 Å². The maximum Gasteiger partial charge on any atom is 0.415 e. The summed E-state index contributed by atoms with van der Waals surface area (Å²) in [6.07, 6.45) is -4.46. The van der Waals surface area contributed by atoms with Gasteiger partial charge in [0.2, 0.25) is 12.4 Å². The van der Waals surface area contributed by atoms with Gasteiger partial charge in [0, 0.05) is 6.92 Å². The smallest absolute Gasteiger partial charge is 0.415 e. The third kappa shape index (κ3) is 6.75. The van der Waals surface area contributed by atoms with Crippen LogP contribution in [0, 0.1) is 22.7 Å². The van der Waals surface area contributed by atoms with Crippen molar-refractivity contribution in [2.75, 3.05) is 18.7 Å². The van der Waals surface area contributed by atoms with Crippen LogP contribution < -0.4 is 11.1 Å². The van der Waals surface area contributed by atoms with Crippen molar-refractivity contribution in [2.45, 2.75) is 71.5 Å². The van der Waals surface area contributed by atoms with Crippen LogP contribution in [0.4, 0.5) is 10.6 Å². The molecule has 0 aliphatic carbocycles. The summed E-state index contributed by atoms with van der Waals surface area (Å²) < 4.78 is 27.4. The van der Waals surface area contributed by atoms with E-state index in [4.69, 9.17) is 24.7 Å². The van der Waals surface area contributed by atoms with Crippen LogP contribution in [0.1, 0.15) is 47.2 Å². The maximum absolute atomic E-state index is 12.9. The molecular weight excluding hydrogens is 556 g/mol. The first kappa shape index (κ1) is 32.2. The average molecular weight is 591 g/mol. The monoisotopic (exact) mass is 590 g/mol. The quantitative estimate of drug-likeness (QED) is 0.208. The van der Waals surface area contributed by atoms with E-state index in [1.54, 1.807) is 34.6 Å². The van der Waals surface area contributed by atoms with Gasteiger partial charge in [-0.15, -0.1) is 0 Å². The zero-order chi connectivity index (χ0) is 31.4. The molecule has 3 rings (SSSR count). The van der Waals surface area contributed by atoms with Gasteiger partial charge >= 0.3 is 24.0 Å². The van der Waals surface area contributed by atoms with Gasteiger partial charge in [0.1, 0.15) is 42.8 Å². The molecule has 2 aromatic heterocycles. The number of hydrogen-bond donors (Lipinski definition) is 3. The van der Waals surface area contributed by atoms with Crippen molar-refractivity contribution in [1.29, 1.82) is 5.26 Å². The molecule has 1 aliphatic rings. The molecule has 0 aromatic carbocycles. The molecule has 0 bridgehead atoms. The SMILES string of the molecule is CC(=O)OCOC(=O)Nc1ncnn2c([C@]3(C#N)O[C@H](COC(=O)C(C)C)[C@@H](OC(=O)[C@@H](N)C(C)(C)C)[C@H]3O)ccc12. The third-order valence-corrected chi connectivity index (χ3v) is 6.40. The number of nitriles is 1. The Morgan fingerprint density at radius 1 is 1.21 bits per heavy atom. The van der Waals surface area contributed by atoms with E-state index in [1.165, 1.54) is 16.6 Å². The lowest BCUT2D eigenvalue weighted by Crippen LogP contribution is -2.49. The highest BCUT2D eigenvalue weighted by molar-refractivity contribution is 5.88. The van der Waals surface area contributed by atoms with Crippen LogP contribution in [-0.4, -0.2) is 81.5 Å². The van der Waals surface area contributed by atoms with Gasteiger partial charge in [-0.3, -0.25) is 19.7 Å². The molecule has 3 heterocycles. The summed E-state index contributed by atoms with van der Waals surface area (Å²) in [4.78, 5) is 52.1. The minimum atomic E-state index is -2.18. The van der Waals surface area contributed by atoms with Crippen molar-refractivity contribution in [3.8, 4) is 6.07 Å². The van der Waals surface area contributed by atoms with E-state index < -0.39 is 78.7 Å². The number of aliphatic hydroxyl groups excluding tert-OH is 1. The van der Waals surface area contributed by atoms with E-state index in [9.17, 15) is 29.5 Å². The molecular formula is C26H34N6O10. The van der Waals surface area contributed by atoms with Gasteiger partial charge in [-0.05, 0) is 17.5 Å². The second-order valence-electron chi connectivity index (χ2n) is 10.9. The number of rotatable bonds is 9. The molecule has 0 saturated carbocycles. The molecule has 0 radical (unpaired) electrons. The summed E-state index contributed by atoms with van der Waals surface area (Å²) in [5.74, 6) is -2.61. The van der Waals surface area contributed by atoms with Gasteiger partial charge in [0.05, 0.1) is 11.6 Å². The molecule has 0 spiro atoms. The normalized spacial score (nSPS) is 22.7. The Labute approximate surface area is 241 Å². The Morgan fingerprint density at radius 2 is 1.90 bits per heavy atom. The molecule has 1 saturated heterocycles. The Bertz CT molecular complexity index is 1380. The molecule has 228 valence electrons. The lowest BCUT2D eigenvalue weighted by atomic mass is 9.87. The zero-order valence-electron chi connectivity index (χ0n) is 24.0. The van der Waals surface area contributed by atoms with E-state index in [0.29, 0.717) is 0 Å². The van der Waals surface area contributed by atoms with Crippen molar-refractivity contribution in [3.05, 3.63) is 24.2 Å². The second-order valence-corrected chi connectivity index (χ2v) is 10.9. The van der Waals surface area contributed by atoms with Crippen LogP contribution in [0.2, 0.25) is 0 Å². The molecule has 1 amide bonds. The molecule has 42 heavy (non-hydrogen) atoms. The summed E-state index contributed by atoms with van der Waals surface area (Å²) in [6.45, 7) is 8.50. The molecule has 5 atom stereocenters. The van der Waals surface area contributed by atoms with Gasteiger partial charge < -0.3 is 34.5 Å². The van der Waals surface area contributed by atoms with Crippen LogP contribution in [-0.2, 0) is 43.7 Å². The molecule has 16 nitrogen and oxygen atoms in total. The number of carbonyl (C=O) groups excluding carboxylic acids is 4. The van der Waals surface area contributed by atoms with Crippen LogP contribution in [0.25, 0.3) is 5.52 Å². The average Bonchev–Trinajstić information content (AvgIpc) is 3.46. The van der Waals surface area contributed by atoms with Crippen LogP contribution in [0.3, 0.4) is 0 Å². The summed E-state index contributed by atoms with van der Waals surface area (Å²) in [7, 11) is 0. The highest BCUT2D eigenvalue weighted by atomic mass is 16.7. The highest BCUT2D eigenvalue weighted by Crippen LogP contribution is 2.42. The summed E-state index contributed by atoms with van der Waals surface area (Å²) in [6, 6.07) is 3.70. The summed E-state index contributed by atoms with van der Waals surface area (Å²) >= 11 is 0. The molecule has 16 heteroatoms. The predicted octanol–water partition coefficient (Wildman–Crippen LogP) is 0.761. The van der Waals surface area contributed by atoms with Crippen molar-refractivity contribution in [1.82, 2.24) is 14.6 Å². The van der Waals surface area contributed by atoms with E-state index in [-0.39, 0.29) is 17.0 Å². The number of fused-ring (bicyclic) bond motifs is 1. The maximum atomic E-state index is 12.9. The lowest BCUT2D eigenvalue weighted by molar-refractivity contribution is -0.164. The third-order valence-electron chi connectivity index (χ3n) is 6.40. The molecule has 0 unspecified atom stereocenters. The molecule has 4 N–H and O–H groups in total. The van der Waals surface area contributed by atoms with Gasteiger partial charge in [-0.2, -0.15) is 10.4 Å². The number of nitrogens with one attached hydrogen (secondary N) is 1. The lowest BCUT2D eigenvalue weighted by Gasteiger charge is -2.29. The standard InChI is InChI=1S/C26H34N6O10/c1-13(2)22(35)38-9-16-18(41-23(36)19(28)25(4,5)6)20(34)26(10-27,42-16)17-8-7-15-21(29-11-30-32(15)17)31-24(37)40-12-39-14(3)33/h7-8,11,13,16,18-20,34H,9,12,28H2,1-6H3,(H,29,30,31,37)/t16-,18-,19-,20-,26+/m1/s1. The van der Waals surface area contributed by atoms with Gasteiger partial charge in [0.25, 0.3) is 0 Å². The molecule has 1 aliphatic heterocycles. The number of esters is 3. The van der Waals surface area contributed by atoms with Gasteiger partial charge in [-0.25, -0.2) is 14.3 Å². The predicted molar refractivity (Wildman–Crippen MR) is 141 cm³/mol. The largest absolute Gasteiger partial charge is 0.463 e. The van der Waals surface area contributed by atoms with Crippen molar-refractivity contribution < 1.29 is 48.0 Å². The topological polar surface area (TPSA) is 227 Å². The highest BCUT2D eigenvalue weighted by Gasteiger charge is 2.60. The van der Waals surface area contributed by atoms with E-state index >= 15 is 0 Å². The van der Waals surface area contributed by atoms with Crippen LogP contribution >= 0.6 is 0 Å². The van der Waals surface area contributed by atoms with Crippen LogP contribution in [0.5, 0.6) is 0 Å². The van der Waals surface area contributed by atoms with Crippen molar-refractivity contribution in [3.63, 3.8) is 0 Å². The number of anilines is 1. The minimum Gasteiger partial charge on any atom is -0.463 e. The molecule has 1 fully saturated rings. The Hall–Kier alpha value is -4.33. The number of carbonyl (C=O) groups is 4. The van der Waals surface area contributed by atoms with Gasteiger partial charge in [-0.1, -0.05) is 34.6 Å². The first-order chi connectivity index (χ1) is 19.6. The first-order valence-electron chi connectivity index (χ1n) is 12.9. The summed E-state index contributed by atoms with van der Waals surface area (Å²) in [5.41, 5.74) is 3.35. The van der Waals surface area contributed by atoms with E-state index in [2.05, 4.69) is 20.1 Å². The Balaban J connectivity index is 1.97.